The van der Waals surface area contributed by atoms with Crippen molar-refractivity contribution in [2.75, 3.05) is 31.6 Å². The van der Waals surface area contributed by atoms with Gasteiger partial charge in [0.1, 0.15) is 40.9 Å². The summed E-state index contributed by atoms with van der Waals surface area (Å²) in [7, 11) is 0. The SMILES string of the molecule is CCOc1cc(F)c(Cn2nc(-c3ncc(OCCCC(=O)N4CC(F)C4)c(Nc4ccnc(C)n4)n3)c3ccccc32)c(F)c1. The predicted octanol–water partition coefficient (Wildman–Crippen LogP) is 5.40. The molecule has 0 saturated carbocycles. The molecule has 0 radical (unpaired) electrons. The van der Waals surface area contributed by atoms with Gasteiger partial charge in [0.25, 0.3) is 0 Å². The molecule has 6 rings (SSSR count). The summed E-state index contributed by atoms with van der Waals surface area (Å²) in [4.78, 5) is 31.4. The van der Waals surface area contributed by atoms with Crippen molar-refractivity contribution in [2.24, 2.45) is 0 Å². The molecule has 238 valence electrons. The van der Waals surface area contributed by atoms with Gasteiger partial charge in [0, 0.05) is 35.7 Å². The number of ether oxygens (including phenoxy) is 2. The number of amides is 1. The number of hydrogen-bond donors (Lipinski definition) is 1. The predicted molar refractivity (Wildman–Crippen MR) is 164 cm³/mol. The van der Waals surface area contributed by atoms with Crippen LogP contribution in [0.3, 0.4) is 0 Å². The second-order valence-corrected chi connectivity index (χ2v) is 10.7. The van der Waals surface area contributed by atoms with Gasteiger partial charge >= 0.3 is 0 Å². The highest BCUT2D eigenvalue weighted by Crippen LogP contribution is 2.32. The molecule has 11 nitrogen and oxygen atoms in total. The number of hydrogen-bond acceptors (Lipinski definition) is 9. The summed E-state index contributed by atoms with van der Waals surface area (Å²) >= 11 is 0. The minimum absolute atomic E-state index is 0.111. The normalized spacial score (nSPS) is 13.1. The molecule has 4 heterocycles. The van der Waals surface area contributed by atoms with Crippen LogP contribution in [0.1, 0.15) is 31.2 Å². The highest BCUT2D eigenvalue weighted by molar-refractivity contribution is 5.92. The Morgan fingerprint density at radius 2 is 1.85 bits per heavy atom. The Morgan fingerprint density at radius 1 is 1.07 bits per heavy atom. The van der Waals surface area contributed by atoms with Gasteiger partial charge in [0.15, 0.2) is 17.4 Å². The summed E-state index contributed by atoms with van der Waals surface area (Å²) in [6.45, 7) is 4.05. The number of likely N-dealkylation sites (tertiary alicyclic amines) is 1. The van der Waals surface area contributed by atoms with Crippen LogP contribution in [-0.2, 0) is 11.3 Å². The van der Waals surface area contributed by atoms with Gasteiger partial charge in [0.2, 0.25) is 5.91 Å². The first-order chi connectivity index (χ1) is 22.3. The van der Waals surface area contributed by atoms with Crippen LogP contribution in [0.15, 0.2) is 54.9 Å². The molecular weight excluding hydrogens is 601 g/mol. The van der Waals surface area contributed by atoms with Crippen LogP contribution in [-0.4, -0.2) is 73.0 Å². The van der Waals surface area contributed by atoms with Crippen molar-refractivity contribution in [2.45, 2.75) is 39.4 Å². The molecule has 0 atom stereocenters. The van der Waals surface area contributed by atoms with E-state index in [1.54, 1.807) is 38.2 Å². The maximum Gasteiger partial charge on any atom is 0.222 e. The van der Waals surface area contributed by atoms with E-state index in [9.17, 15) is 18.0 Å². The van der Waals surface area contributed by atoms with Crippen LogP contribution >= 0.6 is 0 Å². The van der Waals surface area contributed by atoms with E-state index in [-0.39, 0.29) is 62.3 Å². The lowest BCUT2D eigenvalue weighted by Gasteiger charge is -2.34. The number of anilines is 2. The number of rotatable bonds is 12. The number of nitrogens with one attached hydrogen (secondary N) is 1. The molecule has 1 amide bonds. The number of carbonyl (C=O) groups excluding carboxylic acids is 1. The maximum atomic E-state index is 15.0. The number of halogens is 3. The standard InChI is InChI=1S/C32H31F3N8O3/c1-3-45-21-13-24(34)23(25(35)14-21)18-43-26-8-5-4-7-22(26)30(41-43)32-37-15-27(31(40-32)39-28-10-11-36-19(2)38-28)46-12-6-9-29(44)42-16-20(33)17-42/h4-5,7-8,10-11,13-15,20H,3,6,9,12,16-18H2,1-2H3,(H,36,37,38,39,40). The summed E-state index contributed by atoms with van der Waals surface area (Å²) in [6, 6.07) is 11.2. The van der Waals surface area contributed by atoms with Crippen molar-refractivity contribution >= 4 is 28.4 Å². The Labute approximate surface area is 262 Å². The average Bonchev–Trinajstić information content (AvgIpc) is 3.38. The molecule has 0 bridgehead atoms. The van der Waals surface area contributed by atoms with Crippen LogP contribution < -0.4 is 14.8 Å². The van der Waals surface area contributed by atoms with Gasteiger partial charge in [-0.1, -0.05) is 18.2 Å². The molecular formula is C32H31F3N8O3. The summed E-state index contributed by atoms with van der Waals surface area (Å²) in [5, 5.41) is 8.51. The van der Waals surface area contributed by atoms with Crippen molar-refractivity contribution in [3.05, 3.63) is 77.9 Å². The highest BCUT2D eigenvalue weighted by Gasteiger charge is 2.29. The Morgan fingerprint density at radius 3 is 2.59 bits per heavy atom. The first-order valence-corrected chi connectivity index (χ1v) is 14.8. The Balaban J connectivity index is 1.29. The highest BCUT2D eigenvalue weighted by atomic mass is 19.1. The van der Waals surface area contributed by atoms with Crippen molar-refractivity contribution in [3.63, 3.8) is 0 Å². The minimum atomic E-state index is -0.951. The zero-order chi connectivity index (χ0) is 32.2. The molecule has 14 heteroatoms. The third-order valence-corrected chi connectivity index (χ3v) is 7.36. The summed E-state index contributed by atoms with van der Waals surface area (Å²) in [5.41, 5.74) is 0.856. The van der Waals surface area contributed by atoms with E-state index in [2.05, 4.69) is 25.4 Å². The fourth-order valence-electron chi connectivity index (χ4n) is 5.06. The smallest absolute Gasteiger partial charge is 0.222 e. The van der Waals surface area contributed by atoms with Gasteiger partial charge in [-0.05, 0) is 32.4 Å². The van der Waals surface area contributed by atoms with E-state index in [0.717, 1.165) is 12.1 Å². The zero-order valence-corrected chi connectivity index (χ0v) is 25.2. The topological polar surface area (TPSA) is 120 Å². The third-order valence-electron chi connectivity index (χ3n) is 7.36. The van der Waals surface area contributed by atoms with E-state index in [1.165, 1.54) is 15.8 Å². The molecule has 0 unspecified atom stereocenters. The van der Waals surface area contributed by atoms with E-state index in [4.69, 9.17) is 14.5 Å². The lowest BCUT2D eigenvalue weighted by atomic mass is 10.1. The molecule has 1 saturated heterocycles. The van der Waals surface area contributed by atoms with Gasteiger partial charge in [-0.3, -0.25) is 9.48 Å². The van der Waals surface area contributed by atoms with Gasteiger partial charge in [-0.2, -0.15) is 5.10 Å². The lowest BCUT2D eigenvalue weighted by Crippen LogP contribution is -2.51. The van der Waals surface area contributed by atoms with Crippen molar-refractivity contribution in [1.29, 1.82) is 0 Å². The maximum absolute atomic E-state index is 15.0. The third kappa shape index (κ3) is 6.70. The first-order valence-electron chi connectivity index (χ1n) is 14.8. The fourth-order valence-corrected chi connectivity index (χ4v) is 5.06. The second kappa shape index (κ2) is 13.4. The molecule has 1 aliphatic rings. The molecule has 46 heavy (non-hydrogen) atoms. The van der Waals surface area contributed by atoms with Gasteiger partial charge in [-0.15, -0.1) is 0 Å². The van der Waals surface area contributed by atoms with Crippen LogP contribution in [0.2, 0.25) is 0 Å². The van der Waals surface area contributed by atoms with E-state index in [0.29, 0.717) is 46.2 Å². The molecule has 5 aromatic rings. The molecule has 1 aliphatic heterocycles. The summed E-state index contributed by atoms with van der Waals surface area (Å²) in [5.74, 6) is 0.345. The number of para-hydroxylation sites is 1. The first kappa shape index (κ1) is 30.7. The number of aryl methyl sites for hydroxylation is 1. The molecule has 1 N–H and O–H groups in total. The molecule has 3 aromatic heterocycles. The quantitative estimate of drug-likeness (QED) is 0.180. The zero-order valence-electron chi connectivity index (χ0n) is 25.2. The number of carbonyl (C=O) groups is 1. The number of alkyl halides is 1. The van der Waals surface area contributed by atoms with E-state index in [1.807, 2.05) is 12.1 Å². The Hall–Kier alpha value is -5.27. The van der Waals surface area contributed by atoms with Crippen LogP contribution in [0.25, 0.3) is 22.4 Å². The lowest BCUT2D eigenvalue weighted by molar-refractivity contribution is -0.138. The second-order valence-electron chi connectivity index (χ2n) is 10.7. The molecule has 0 aliphatic carbocycles. The number of nitrogens with zero attached hydrogens (tertiary/aromatic N) is 7. The van der Waals surface area contributed by atoms with Crippen molar-refractivity contribution in [1.82, 2.24) is 34.6 Å². The van der Waals surface area contributed by atoms with Crippen molar-refractivity contribution in [3.8, 4) is 23.0 Å². The van der Waals surface area contributed by atoms with Gasteiger partial charge in [0.05, 0.1) is 44.6 Å². The Kier molecular flexibility index (Phi) is 8.94. The van der Waals surface area contributed by atoms with Crippen LogP contribution in [0.5, 0.6) is 11.5 Å². The number of aromatic nitrogens is 6. The van der Waals surface area contributed by atoms with E-state index >= 15 is 0 Å². The minimum Gasteiger partial charge on any atom is -0.494 e. The van der Waals surface area contributed by atoms with E-state index < -0.39 is 17.8 Å². The Bertz CT molecular complexity index is 1860. The van der Waals surface area contributed by atoms with Crippen LogP contribution in [0.4, 0.5) is 24.8 Å². The summed E-state index contributed by atoms with van der Waals surface area (Å²) in [6.07, 6.45) is 2.77. The van der Waals surface area contributed by atoms with Gasteiger partial charge < -0.3 is 19.7 Å². The number of fused-ring (bicyclic) bond motifs is 1. The molecule has 2 aromatic carbocycles. The largest absolute Gasteiger partial charge is 0.494 e. The average molecular weight is 633 g/mol. The summed E-state index contributed by atoms with van der Waals surface area (Å²) < 4.78 is 55.8. The van der Waals surface area contributed by atoms with Crippen LogP contribution in [0, 0.1) is 18.6 Å². The molecule has 1 fully saturated rings. The number of benzene rings is 2. The van der Waals surface area contributed by atoms with Crippen molar-refractivity contribution < 1.29 is 27.4 Å². The van der Waals surface area contributed by atoms with Gasteiger partial charge in [-0.25, -0.2) is 33.1 Å². The monoisotopic (exact) mass is 632 g/mol. The fraction of sp³-hybridized carbons (Fsp3) is 0.312. The molecule has 0 spiro atoms.